The molecule has 1 N–H and O–H groups in total. The van der Waals surface area contributed by atoms with E-state index in [1.54, 1.807) is 6.08 Å². The van der Waals surface area contributed by atoms with Gasteiger partial charge in [0.2, 0.25) is 5.91 Å². The number of carbonyl (C=O) groups is 1. The molecule has 0 aromatic heterocycles. The van der Waals surface area contributed by atoms with Crippen molar-refractivity contribution in [2.75, 3.05) is 26.2 Å². The molecule has 1 amide bonds. The fourth-order valence-electron chi connectivity index (χ4n) is 2.10. The van der Waals surface area contributed by atoms with Crippen molar-refractivity contribution in [2.45, 2.75) is 26.2 Å². The number of nitrogens with one attached hydrogen (secondary N) is 1. The van der Waals surface area contributed by atoms with Gasteiger partial charge in [-0.3, -0.25) is 4.79 Å². The van der Waals surface area contributed by atoms with Crippen LogP contribution in [0.2, 0.25) is 0 Å². The van der Waals surface area contributed by atoms with Crippen LogP contribution in [-0.2, 0) is 4.79 Å². The summed E-state index contributed by atoms with van der Waals surface area (Å²) in [5, 5.41) is 3.05. The van der Waals surface area contributed by atoms with Crippen LogP contribution in [-0.4, -0.2) is 37.0 Å². The maximum Gasteiger partial charge on any atom is 0.236 e. The SMILES string of the molecule is C=CCNCC(=O)N1CCC(CCC)C1. The van der Waals surface area contributed by atoms with Gasteiger partial charge in [0.25, 0.3) is 0 Å². The average molecular weight is 210 g/mol. The van der Waals surface area contributed by atoms with Gasteiger partial charge in [0.1, 0.15) is 0 Å². The predicted molar refractivity (Wildman–Crippen MR) is 62.7 cm³/mol. The number of amides is 1. The topological polar surface area (TPSA) is 32.3 Å². The normalized spacial score (nSPS) is 20.6. The number of nitrogens with zero attached hydrogens (tertiary/aromatic N) is 1. The Kier molecular flexibility index (Phi) is 5.40. The molecule has 1 saturated heterocycles. The van der Waals surface area contributed by atoms with E-state index in [1.165, 1.54) is 19.3 Å². The second-order valence-electron chi connectivity index (χ2n) is 4.20. The summed E-state index contributed by atoms with van der Waals surface area (Å²) in [5.41, 5.74) is 0. The smallest absolute Gasteiger partial charge is 0.236 e. The summed E-state index contributed by atoms with van der Waals surface area (Å²) in [6.07, 6.45) is 5.43. The van der Waals surface area contributed by atoms with Crippen molar-refractivity contribution >= 4 is 5.91 Å². The standard InChI is InChI=1S/C12H22N2O/c1-3-5-11-6-8-14(10-11)12(15)9-13-7-4-2/h4,11,13H,2-3,5-10H2,1H3. The molecular weight excluding hydrogens is 188 g/mol. The summed E-state index contributed by atoms with van der Waals surface area (Å²) in [4.78, 5) is 13.7. The summed E-state index contributed by atoms with van der Waals surface area (Å²) in [5.74, 6) is 0.966. The van der Waals surface area contributed by atoms with Crippen LogP contribution in [0.5, 0.6) is 0 Å². The molecule has 3 heteroatoms. The van der Waals surface area contributed by atoms with Crippen LogP contribution in [0, 0.1) is 5.92 Å². The van der Waals surface area contributed by atoms with E-state index in [2.05, 4.69) is 18.8 Å². The van der Waals surface area contributed by atoms with Gasteiger partial charge in [-0.15, -0.1) is 6.58 Å². The maximum atomic E-state index is 11.7. The first kappa shape index (κ1) is 12.2. The van der Waals surface area contributed by atoms with E-state index in [0.717, 1.165) is 19.0 Å². The van der Waals surface area contributed by atoms with Gasteiger partial charge in [0, 0.05) is 19.6 Å². The maximum absolute atomic E-state index is 11.7. The minimum atomic E-state index is 0.232. The van der Waals surface area contributed by atoms with Crippen LogP contribution in [0.1, 0.15) is 26.2 Å². The summed E-state index contributed by atoms with van der Waals surface area (Å²) in [6, 6.07) is 0. The predicted octanol–water partition coefficient (Wildman–Crippen LogP) is 1.41. The molecule has 15 heavy (non-hydrogen) atoms. The van der Waals surface area contributed by atoms with Gasteiger partial charge in [0.15, 0.2) is 0 Å². The highest BCUT2D eigenvalue weighted by atomic mass is 16.2. The Morgan fingerprint density at radius 2 is 2.47 bits per heavy atom. The molecule has 0 aliphatic carbocycles. The monoisotopic (exact) mass is 210 g/mol. The lowest BCUT2D eigenvalue weighted by molar-refractivity contribution is -0.129. The minimum absolute atomic E-state index is 0.232. The molecule has 0 radical (unpaired) electrons. The Hall–Kier alpha value is -0.830. The Labute approximate surface area is 92.5 Å². The highest BCUT2D eigenvalue weighted by Gasteiger charge is 2.24. The van der Waals surface area contributed by atoms with E-state index in [-0.39, 0.29) is 5.91 Å². The van der Waals surface area contributed by atoms with Gasteiger partial charge in [-0.1, -0.05) is 19.4 Å². The zero-order chi connectivity index (χ0) is 11.1. The molecule has 1 unspecified atom stereocenters. The van der Waals surface area contributed by atoms with Gasteiger partial charge in [-0.05, 0) is 18.8 Å². The van der Waals surface area contributed by atoms with Crippen molar-refractivity contribution < 1.29 is 4.79 Å². The number of carbonyl (C=O) groups excluding carboxylic acids is 1. The van der Waals surface area contributed by atoms with Crippen molar-refractivity contribution in [3.05, 3.63) is 12.7 Å². The molecule has 1 aliphatic rings. The number of likely N-dealkylation sites (tertiary alicyclic amines) is 1. The number of rotatable bonds is 6. The van der Waals surface area contributed by atoms with Crippen LogP contribution in [0.15, 0.2) is 12.7 Å². The van der Waals surface area contributed by atoms with Crippen LogP contribution in [0.4, 0.5) is 0 Å². The van der Waals surface area contributed by atoms with Gasteiger partial charge in [-0.2, -0.15) is 0 Å². The molecule has 1 heterocycles. The van der Waals surface area contributed by atoms with E-state index in [1.807, 2.05) is 4.90 Å². The van der Waals surface area contributed by atoms with Crippen molar-refractivity contribution in [1.29, 1.82) is 0 Å². The lowest BCUT2D eigenvalue weighted by atomic mass is 10.0. The molecule has 1 fully saturated rings. The fraction of sp³-hybridized carbons (Fsp3) is 0.750. The quantitative estimate of drug-likeness (QED) is 0.531. The van der Waals surface area contributed by atoms with Gasteiger partial charge in [-0.25, -0.2) is 0 Å². The van der Waals surface area contributed by atoms with Crippen LogP contribution >= 0.6 is 0 Å². The largest absolute Gasteiger partial charge is 0.341 e. The first-order valence-electron chi connectivity index (χ1n) is 5.87. The zero-order valence-electron chi connectivity index (χ0n) is 9.67. The third-order valence-electron chi connectivity index (χ3n) is 2.90. The lowest BCUT2D eigenvalue weighted by Crippen LogP contribution is -2.36. The summed E-state index contributed by atoms with van der Waals surface area (Å²) in [7, 11) is 0. The molecule has 0 bridgehead atoms. The number of hydrogen-bond donors (Lipinski definition) is 1. The molecule has 0 aromatic rings. The van der Waals surface area contributed by atoms with E-state index in [4.69, 9.17) is 0 Å². The Morgan fingerprint density at radius 1 is 1.67 bits per heavy atom. The van der Waals surface area contributed by atoms with Crippen LogP contribution < -0.4 is 5.32 Å². The van der Waals surface area contributed by atoms with E-state index >= 15 is 0 Å². The number of hydrogen-bond acceptors (Lipinski definition) is 2. The molecule has 1 atom stereocenters. The highest BCUT2D eigenvalue weighted by molar-refractivity contribution is 5.78. The van der Waals surface area contributed by atoms with Gasteiger partial charge in [0.05, 0.1) is 6.54 Å². The van der Waals surface area contributed by atoms with E-state index < -0.39 is 0 Å². The second kappa shape index (κ2) is 6.62. The molecule has 1 aliphatic heterocycles. The first-order valence-corrected chi connectivity index (χ1v) is 5.87. The Morgan fingerprint density at radius 3 is 3.13 bits per heavy atom. The van der Waals surface area contributed by atoms with Crippen molar-refractivity contribution in [1.82, 2.24) is 10.2 Å². The molecule has 0 spiro atoms. The van der Waals surface area contributed by atoms with Crippen molar-refractivity contribution in [2.24, 2.45) is 5.92 Å². The molecule has 0 saturated carbocycles. The van der Waals surface area contributed by atoms with Crippen LogP contribution in [0.3, 0.4) is 0 Å². The average Bonchev–Trinajstić information content (AvgIpc) is 2.67. The Balaban J connectivity index is 2.21. The molecule has 86 valence electrons. The fourth-order valence-corrected chi connectivity index (χ4v) is 2.10. The van der Waals surface area contributed by atoms with Gasteiger partial charge < -0.3 is 10.2 Å². The molecule has 0 aromatic carbocycles. The summed E-state index contributed by atoms with van der Waals surface area (Å²) >= 11 is 0. The van der Waals surface area contributed by atoms with Crippen molar-refractivity contribution in [3.8, 4) is 0 Å². The summed E-state index contributed by atoms with van der Waals surface area (Å²) < 4.78 is 0. The molecular formula is C12H22N2O. The molecule has 3 nitrogen and oxygen atoms in total. The Bertz CT molecular complexity index is 216. The van der Waals surface area contributed by atoms with E-state index in [0.29, 0.717) is 13.1 Å². The first-order chi connectivity index (χ1) is 7.27. The summed E-state index contributed by atoms with van der Waals surface area (Å²) in [6.45, 7) is 8.87. The third kappa shape index (κ3) is 4.04. The van der Waals surface area contributed by atoms with Crippen LogP contribution in [0.25, 0.3) is 0 Å². The minimum Gasteiger partial charge on any atom is -0.341 e. The highest BCUT2D eigenvalue weighted by Crippen LogP contribution is 2.20. The van der Waals surface area contributed by atoms with Gasteiger partial charge >= 0.3 is 0 Å². The second-order valence-corrected chi connectivity index (χ2v) is 4.20. The van der Waals surface area contributed by atoms with Crippen molar-refractivity contribution in [3.63, 3.8) is 0 Å². The molecule has 1 rings (SSSR count). The lowest BCUT2D eigenvalue weighted by Gasteiger charge is -2.16. The zero-order valence-corrected chi connectivity index (χ0v) is 9.67. The third-order valence-corrected chi connectivity index (χ3v) is 2.90. The van der Waals surface area contributed by atoms with E-state index in [9.17, 15) is 4.79 Å².